The zero-order valence-electron chi connectivity index (χ0n) is 12.4. The summed E-state index contributed by atoms with van der Waals surface area (Å²) in [7, 11) is 0. The summed E-state index contributed by atoms with van der Waals surface area (Å²) in [5.41, 5.74) is 1.62. The van der Waals surface area contributed by atoms with Crippen molar-refractivity contribution in [2.45, 2.75) is 38.6 Å². The minimum absolute atomic E-state index is 0.126. The summed E-state index contributed by atoms with van der Waals surface area (Å²) in [6, 6.07) is 4.26. The van der Waals surface area contributed by atoms with Crippen LogP contribution in [0.15, 0.2) is 18.2 Å². The summed E-state index contributed by atoms with van der Waals surface area (Å²) < 4.78 is 0. The third-order valence-corrected chi connectivity index (χ3v) is 4.13. The average molecular weight is 300 g/mol. The van der Waals surface area contributed by atoms with E-state index in [2.05, 4.69) is 5.32 Å². The van der Waals surface area contributed by atoms with Crippen LogP contribution in [-0.4, -0.2) is 34.6 Å². The lowest BCUT2D eigenvalue weighted by atomic mass is 9.98. The van der Waals surface area contributed by atoms with Gasteiger partial charge in [0.2, 0.25) is 11.8 Å². The Bertz CT molecular complexity index is 708. The molecule has 6 nitrogen and oxygen atoms in total. The third kappa shape index (κ3) is 2.11. The van der Waals surface area contributed by atoms with Crippen molar-refractivity contribution >= 4 is 23.6 Å². The van der Waals surface area contributed by atoms with Gasteiger partial charge < -0.3 is 0 Å². The van der Waals surface area contributed by atoms with Gasteiger partial charge in [-0.25, -0.2) is 0 Å². The van der Waals surface area contributed by atoms with Crippen molar-refractivity contribution < 1.29 is 19.2 Å². The molecule has 6 heteroatoms. The first-order valence-electron chi connectivity index (χ1n) is 7.25. The first kappa shape index (κ1) is 14.4. The van der Waals surface area contributed by atoms with Crippen LogP contribution in [0.5, 0.6) is 0 Å². The van der Waals surface area contributed by atoms with Gasteiger partial charge in [-0.05, 0) is 30.0 Å². The third-order valence-electron chi connectivity index (χ3n) is 4.13. The standard InChI is InChI=1S/C16H16N2O4/c1-8(2)9-3-4-10-11(7-9)16(22)18(15(10)21)12-5-6-13(19)17-14(12)20/h3-4,7-8,12H,5-6H2,1-2H3,(H,17,19,20)/t12-/m0/s1. The van der Waals surface area contributed by atoms with E-state index in [-0.39, 0.29) is 24.7 Å². The number of rotatable bonds is 2. The SMILES string of the molecule is CC(C)c1ccc2c(c1)C(=O)N([C@H]1CCC(=O)NC1=O)C2=O. The number of benzene rings is 1. The Morgan fingerprint density at radius 1 is 1.09 bits per heavy atom. The first-order chi connectivity index (χ1) is 10.4. The fraction of sp³-hybridized carbons (Fsp3) is 0.375. The fourth-order valence-corrected chi connectivity index (χ4v) is 2.85. The normalized spacial score (nSPS) is 21.4. The lowest BCUT2D eigenvalue weighted by molar-refractivity contribution is -0.136. The molecule has 2 aliphatic heterocycles. The van der Waals surface area contributed by atoms with E-state index in [1.165, 1.54) is 0 Å². The highest BCUT2D eigenvalue weighted by atomic mass is 16.2. The van der Waals surface area contributed by atoms with E-state index < -0.39 is 23.8 Å². The van der Waals surface area contributed by atoms with Crippen LogP contribution in [0.3, 0.4) is 0 Å². The van der Waals surface area contributed by atoms with E-state index >= 15 is 0 Å². The van der Waals surface area contributed by atoms with Crippen LogP contribution in [0, 0.1) is 0 Å². The molecule has 3 rings (SSSR count). The number of nitrogens with zero attached hydrogens (tertiary/aromatic N) is 1. The van der Waals surface area contributed by atoms with Crippen molar-refractivity contribution in [3.8, 4) is 0 Å². The summed E-state index contributed by atoms with van der Waals surface area (Å²) >= 11 is 0. The summed E-state index contributed by atoms with van der Waals surface area (Å²) in [5, 5.41) is 2.18. The molecular weight excluding hydrogens is 284 g/mol. The predicted molar refractivity (Wildman–Crippen MR) is 77.2 cm³/mol. The second-order valence-corrected chi connectivity index (χ2v) is 5.91. The number of piperidine rings is 1. The Morgan fingerprint density at radius 3 is 2.41 bits per heavy atom. The lowest BCUT2D eigenvalue weighted by Gasteiger charge is -2.27. The molecule has 0 saturated carbocycles. The van der Waals surface area contributed by atoms with E-state index in [1.807, 2.05) is 19.9 Å². The van der Waals surface area contributed by atoms with Gasteiger partial charge in [-0.2, -0.15) is 0 Å². The molecule has 114 valence electrons. The molecule has 1 fully saturated rings. The van der Waals surface area contributed by atoms with Crippen molar-refractivity contribution in [2.75, 3.05) is 0 Å². The number of hydrogen-bond acceptors (Lipinski definition) is 4. The van der Waals surface area contributed by atoms with Crippen LogP contribution in [-0.2, 0) is 9.59 Å². The summed E-state index contributed by atoms with van der Waals surface area (Å²) in [5.74, 6) is -1.66. The van der Waals surface area contributed by atoms with E-state index in [1.54, 1.807) is 12.1 Å². The number of carbonyl (C=O) groups excluding carboxylic acids is 4. The Balaban J connectivity index is 1.96. The quantitative estimate of drug-likeness (QED) is 0.832. The summed E-state index contributed by atoms with van der Waals surface area (Å²) in [4.78, 5) is 49.1. The number of imide groups is 2. The molecule has 1 atom stereocenters. The van der Waals surface area contributed by atoms with Crippen LogP contribution >= 0.6 is 0 Å². The minimum Gasteiger partial charge on any atom is -0.295 e. The lowest BCUT2D eigenvalue weighted by Crippen LogP contribution is -2.54. The van der Waals surface area contributed by atoms with Gasteiger partial charge in [0.1, 0.15) is 6.04 Å². The van der Waals surface area contributed by atoms with Crippen LogP contribution < -0.4 is 5.32 Å². The molecule has 0 radical (unpaired) electrons. The highest BCUT2D eigenvalue weighted by molar-refractivity contribution is 6.23. The van der Waals surface area contributed by atoms with Gasteiger partial charge >= 0.3 is 0 Å². The van der Waals surface area contributed by atoms with Gasteiger partial charge in [-0.3, -0.25) is 29.4 Å². The summed E-state index contributed by atoms with van der Waals surface area (Å²) in [6.45, 7) is 4.00. The molecule has 1 aromatic rings. The Kier molecular flexibility index (Phi) is 3.31. The van der Waals surface area contributed by atoms with Crippen molar-refractivity contribution in [1.29, 1.82) is 0 Å². The van der Waals surface area contributed by atoms with Crippen LogP contribution in [0.1, 0.15) is 58.9 Å². The van der Waals surface area contributed by atoms with Crippen LogP contribution in [0.4, 0.5) is 0 Å². The van der Waals surface area contributed by atoms with Gasteiger partial charge in [0.15, 0.2) is 0 Å². The summed E-state index contributed by atoms with van der Waals surface area (Å²) in [6.07, 6.45) is 0.300. The second-order valence-electron chi connectivity index (χ2n) is 5.91. The average Bonchev–Trinajstić information content (AvgIpc) is 2.71. The molecule has 1 N–H and O–H groups in total. The molecule has 22 heavy (non-hydrogen) atoms. The molecule has 0 aromatic heterocycles. The highest BCUT2D eigenvalue weighted by Crippen LogP contribution is 2.29. The maximum absolute atomic E-state index is 12.5. The molecule has 0 aliphatic carbocycles. The topological polar surface area (TPSA) is 83.6 Å². The van der Waals surface area contributed by atoms with Gasteiger partial charge in [0.05, 0.1) is 11.1 Å². The predicted octanol–water partition coefficient (Wildman–Crippen LogP) is 1.21. The molecule has 0 unspecified atom stereocenters. The van der Waals surface area contributed by atoms with E-state index in [0.717, 1.165) is 10.5 Å². The zero-order chi connectivity index (χ0) is 16.0. The minimum atomic E-state index is -0.910. The number of hydrogen-bond donors (Lipinski definition) is 1. The van der Waals surface area contributed by atoms with Gasteiger partial charge in [0, 0.05) is 6.42 Å². The van der Waals surface area contributed by atoms with Gasteiger partial charge in [-0.15, -0.1) is 0 Å². The maximum Gasteiger partial charge on any atom is 0.262 e. The van der Waals surface area contributed by atoms with Gasteiger partial charge in [0.25, 0.3) is 11.8 Å². The Labute approximate surface area is 127 Å². The largest absolute Gasteiger partial charge is 0.295 e. The van der Waals surface area contributed by atoms with Crippen LogP contribution in [0.25, 0.3) is 0 Å². The highest BCUT2D eigenvalue weighted by Gasteiger charge is 2.44. The smallest absolute Gasteiger partial charge is 0.262 e. The van der Waals surface area contributed by atoms with Crippen molar-refractivity contribution in [1.82, 2.24) is 10.2 Å². The molecule has 0 spiro atoms. The van der Waals surface area contributed by atoms with Gasteiger partial charge in [-0.1, -0.05) is 19.9 Å². The van der Waals surface area contributed by atoms with Crippen molar-refractivity contribution in [3.63, 3.8) is 0 Å². The molecule has 2 aliphatic rings. The van der Waals surface area contributed by atoms with Crippen molar-refractivity contribution in [3.05, 3.63) is 34.9 Å². The zero-order valence-corrected chi connectivity index (χ0v) is 12.4. The number of carbonyl (C=O) groups is 4. The number of amides is 4. The Hall–Kier alpha value is -2.50. The van der Waals surface area contributed by atoms with Crippen molar-refractivity contribution in [2.24, 2.45) is 0 Å². The van der Waals surface area contributed by atoms with E-state index in [0.29, 0.717) is 11.1 Å². The molecular formula is C16H16N2O4. The second kappa shape index (κ2) is 5.05. The first-order valence-corrected chi connectivity index (χ1v) is 7.25. The maximum atomic E-state index is 12.5. The van der Waals surface area contributed by atoms with E-state index in [4.69, 9.17) is 0 Å². The molecule has 4 amide bonds. The molecule has 0 bridgehead atoms. The monoisotopic (exact) mass is 300 g/mol. The molecule has 2 heterocycles. The molecule has 1 aromatic carbocycles. The number of fused-ring (bicyclic) bond motifs is 1. The molecule has 1 saturated heterocycles. The van der Waals surface area contributed by atoms with E-state index in [9.17, 15) is 19.2 Å². The Morgan fingerprint density at radius 2 is 1.77 bits per heavy atom. The van der Waals surface area contributed by atoms with Crippen LogP contribution in [0.2, 0.25) is 0 Å². The fourth-order valence-electron chi connectivity index (χ4n) is 2.85. The number of nitrogens with one attached hydrogen (secondary N) is 1.